The number of hydrogen-bond acceptors (Lipinski definition) is 4. The number of ether oxygens (including phenoxy) is 1. The maximum absolute atomic E-state index is 8.66. The summed E-state index contributed by atoms with van der Waals surface area (Å²) in [7, 11) is 0. The van der Waals surface area contributed by atoms with Crippen LogP contribution in [-0.4, -0.2) is 42.4 Å². The second-order valence-corrected chi connectivity index (χ2v) is 6.25. The van der Waals surface area contributed by atoms with Crippen LogP contribution >= 0.6 is 23.4 Å². The highest BCUT2D eigenvalue weighted by Crippen LogP contribution is 2.30. The molecular weight excluding hydrogens is 282 g/mol. The van der Waals surface area contributed by atoms with E-state index in [1.807, 2.05) is 30.0 Å². The Morgan fingerprint density at radius 2 is 2.32 bits per heavy atom. The lowest BCUT2D eigenvalue weighted by Gasteiger charge is -2.11. The fraction of sp³-hybridized carbons (Fsp3) is 0.571. The van der Waals surface area contributed by atoms with Gasteiger partial charge in [-0.15, -0.1) is 0 Å². The van der Waals surface area contributed by atoms with Gasteiger partial charge >= 0.3 is 0 Å². The van der Waals surface area contributed by atoms with Gasteiger partial charge in [-0.1, -0.05) is 11.6 Å². The van der Waals surface area contributed by atoms with Crippen molar-refractivity contribution in [2.75, 3.05) is 31.2 Å². The van der Waals surface area contributed by atoms with E-state index < -0.39 is 0 Å². The lowest BCUT2D eigenvalue weighted by molar-refractivity contribution is 0.229. The third-order valence-corrected chi connectivity index (χ3v) is 4.31. The van der Waals surface area contributed by atoms with Crippen LogP contribution in [0.15, 0.2) is 18.2 Å². The van der Waals surface area contributed by atoms with Crippen LogP contribution in [0, 0.1) is 0 Å². The molecule has 0 saturated carbocycles. The summed E-state index contributed by atoms with van der Waals surface area (Å²) in [5, 5.41) is 12.8. The summed E-state index contributed by atoms with van der Waals surface area (Å²) in [6, 6.07) is 5.80. The third kappa shape index (κ3) is 4.88. The fourth-order valence-corrected chi connectivity index (χ4v) is 3.10. The van der Waals surface area contributed by atoms with Gasteiger partial charge in [-0.2, -0.15) is 11.8 Å². The Kier molecular flexibility index (Phi) is 6.31. The van der Waals surface area contributed by atoms with Gasteiger partial charge < -0.3 is 15.2 Å². The molecule has 1 heterocycles. The van der Waals surface area contributed by atoms with Crippen molar-refractivity contribution in [1.82, 2.24) is 5.32 Å². The molecule has 3 nitrogen and oxygen atoms in total. The van der Waals surface area contributed by atoms with Gasteiger partial charge in [-0.3, -0.25) is 0 Å². The molecule has 0 aromatic heterocycles. The van der Waals surface area contributed by atoms with Gasteiger partial charge in [0.2, 0.25) is 0 Å². The lowest BCUT2D eigenvalue weighted by atomic mass is 10.1. The Balaban J connectivity index is 1.59. The summed E-state index contributed by atoms with van der Waals surface area (Å²) >= 11 is 7.84. The summed E-state index contributed by atoms with van der Waals surface area (Å²) < 4.78 is 5.85. The van der Waals surface area contributed by atoms with Crippen molar-refractivity contribution in [1.29, 1.82) is 0 Å². The molecule has 106 valence electrons. The Labute approximate surface area is 123 Å². The zero-order valence-electron chi connectivity index (χ0n) is 10.9. The van der Waals surface area contributed by atoms with Gasteiger partial charge in [0.25, 0.3) is 0 Å². The Hall–Kier alpha value is -0.420. The standard InChI is InChI=1S/C14H20ClNO2S/c15-12-2-3-14-11(8-12)9-13(18-14)10-16-4-7-19-6-1-5-17/h2-3,8,13,16-17H,1,4-7,9-10H2. The third-order valence-electron chi connectivity index (χ3n) is 3.01. The average molecular weight is 302 g/mol. The number of benzene rings is 1. The van der Waals surface area contributed by atoms with Gasteiger partial charge in [0.15, 0.2) is 0 Å². The van der Waals surface area contributed by atoms with E-state index in [0.717, 1.165) is 48.2 Å². The number of thioether (sulfide) groups is 1. The minimum atomic E-state index is 0.218. The predicted octanol–water partition coefficient (Wildman–Crippen LogP) is 2.35. The smallest absolute Gasteiger partial charge is 0.123 e. The number of nitrogens with one attached hydrogen (secondary N) is 1. The van der Waals surface area contributed by atoms with Crippen LogP contribution in [0.1, 0.15) is 12.0 Å². The van der Waals surface area contributed by atoms with Crippen LogP contribution in [0.2, 0.25) is 5.02 Å². The molecule has 1 aliphatic heterocycles. The summed E-state index contributed by atoms with van der Waals surface area (Å²) in [5.41, 5.74) is 1.21. The van der Waals surface area contributed by atoms with E-state index >= 15 is 0 Å². The molecule has 0 spiro atoms. The topological polar surface area (TPSA) is 41.5 Å². The zero-order chi connectivity index (χ0) is 13.5. The summed E-state index contributed by atoms with van der Waals surface area (Å²) in [4.78, 5) is 0. The molecule has 1 aliphatic rings. The number of rotatable bonds is 8. The van der Waals surface area contributed by atoms with E-state index in [4.69, 9.17) is 21.4 Å². The highest BCUT2D eigenvalue weighted by atomic mass is 35.5. The number of fused-ring (bicyclic) bond motifs is 1. The van der Waals surface area contributed by atoms with E-state index in [1.54, 1.807) is 0 Å². The molecule has 0 fully saturated rings. The van der Waals surface area contributed by atoms with Gasteiger partial charge in [-0.05, 0) is 35.9 Å². The Bertz CT molecular complexity index is 403. The largest absolute Gasteiger partial charge is 0.488 e. The predicted molar refractivity (Wildman–Crippen MR) is 81.5 cm³/mol. The summed E-state index contributed by atoms with van der Waals surface area (Å²) in [5.74, 6) is 3.07. The van der Waals surface area contributed by atoms with Crippen LogP contribution in [0.5, 0.6) is 5.75 Å². The molecule has 0 amide bonds. The molecule has 2 rings (SSSR count). The average Bonchev–Trinajstić information content (AvgIpc) is 2.79. The molecule has 19 heavy (non-hydrogen) atoms. The highest BCUT2D eigenvalue weighted by molar-refractivity contribution is 7.99. The Morgan fingerprint density at radius 3 is 3.16 bits per heavy atom. The van der Waals surface area contributed by atoms with Crippen molar-refractivity contribution in [3.05, 3.63) is 28.8 Å². The first-order valence-electron chi connectivity index (χ1n) is 6.64. The van der Waals surface area contributed by atoms with Gasteiger partial charge in [0.05, 0.1) is 0 Å². The Morgan fingerprint density at radius 1 is 1.42 bits per heavy atom. The van der Waals surface area contributed by atoms with E-state index in [2.05, 4.69) is 5.32 Å². The molecule has 2 N–H and O–H groups in total. The maximum Gasteiger partial charge on any atom is 0.123 e. The maximum atomic E-state index is 8.66. The molecular formula is C14H20ClNO2S. The molecule has 0 saturated heterocycles. The SMILES string of the molecule is OCCCSCCNCC1Cc2cc(Cl)ccc2O1. The molecule has 1 atom stereocenters. The fourth-order valence-electron chi connectivity index (χ4n) is 2.08. The van der Waals surface area contributed by atoms with Crippen molar-refractivity contribution >= 4 is 23.4 Å². The molecule has 0 radical (unpaired) electrons. The monoisotopic (exact) mass is 301 g/mol. The normalized spacial score (nSPS) is 17.3. The second kappa shape index (κ2) is 8.00. The number of aliphatic hydroxyl groups excluding tert-OH is 1. The van der Waals surface area contributed by atoms with E-state index in [9.17, 15) is 0 Å². The first kappa shape index (κ1) is 15.0. The van der Waals surface area contributed by atoms with E-state index in [1.165, 1.54) is 5.56 Å². The van der Waals surface area contributed by atoms with E-state index in [0.29, 0.717) is 0 Å². The van der Waals surface area contributed by atoms with Crippen LogP contribution < -0.4 is 10.1 Å². The minimum Gasteiger partial charge on any atom is -0.488 e. The van der Waals surface area contributed by atoms with Crippen LogP contribution in [0.25, 0.3) is 0 Å². The number of hydrogen-bond donors (Lipinski definition) is 2. The zero-order valence-corrected chi connectivity index (χ0v) is 12.5. The first-order chi connectivity index (χ1) is 9.29. The van der Waals surface area contributed by atoms with Crippen LogP contribution in [0.4, 0.5) is 0 Å². The molecule has 1 unspecified atom stereocenters. The number of halogens is 1. The van der Waals surface area contributed by atoms with E-state index in [-0.39, 0.29) is 12.7 Å². The minimum absolute atomic E-state index is 0.218. The summed E-state index contributed by atoms with van der Waals surface area (Å²) in [6.07, 6.45) is 2.03. The highest BCUT2D eigenvalue weighted by Gasteiger charge is 2.22. The first-order valence-corrected chi connectivity index (χ1v) is 8.17. The van der Waals surface area contributed by atoms with Gasteiger partial charge in [0, 0.05) is 36.9 Å². The van der Waals surface area contributed by atoms with Gasteiger partial charge in [0.1, 0.15) is 11.9 Å². The molecule has 5 heteroatoms. The molecule has 0 aliphatic carbocycles. The van der Waals surface area contributed by atoms with Crippen molar-refractivity contribution in [3.8, 4) is 5.75 Å². The molecule has 0 bridgehead atoms. The lowest BCUT2D eigenvalue weighted by Crippen LogP contribution is -2.31. The quantitative estimate of drug-likeness (QED) is 0.723. The van der Waals surface area contributed by atoms with Crippen LogP contribution in [-0.2, 0) is 6.42 Å². The molecule has 1 aromatic carbocycles. The molecule has 1 aromatic rings. The van der Waals surface area contributed by atoms with Crippen molar-refractivity contribution in [2.24, 2.45) is 0 Å². The van der Waals surface area contributed by atoms with Crippen molar-refractivity contribution < 1.29 is 9.84 Å². The number of aliphatic hydroxyl groups is 1. The van der Waals surface area contributed by atoms with Gasteiger partial charge in [-0.25, -0.2) is 0 Å². The van der Waals surface area contributed by atoms with Crippen LogP contribution in [0.3, 0.4) is 0 Å². The summed E-state index contributed by atoms with van der Waals surface area (Å²) in [6.45, 7) is 2.14. The van der Waals surface area contributed by atoms with Crippen molar-refractivity contribution in [3.63, 3.8) is 0 Å². The van der Waals surface area contributed by atoms with Crippen molar-refractivity contribution in [2.45, 2.75) is 18.9 Å². The second-order valence-electron chi connectivity index (χ2n) is 4.59.